The molecule has 2 aromatic carbocycles. The summed E-state index contributed by atoms with van der Waals surface area (Å²) in [5.41, 5.74) is 1.85. The molecule has 0 saturated carbocycles. The minimum atomic E-state index is -0.281. The third kappa shape index (κ3) is 11.7. The Balaban J connectivity index is 1.51. The minimum absolute atomic E-state index is 0.0694. The lowest BCUT2D eigenvalue weighted by atomic mass is 10.0. The van der Waals surface area contributed by atoms with E-state index in [-0.39, 0.29) is 24.4 Å². The zero-order valence-corrected chi connectivity index (χ0v) is 26.9. The van der Waals surface area contributed by atoms with Crippen LogP contribution in [0.5, 0.6) is 5.75 Å². The normalized spacial score (nSPS) is 14.2. The summed E-state index contributed by atoms with van der Waals surface area (Å²) in [5, 5.41) is 0. The van der Waals surface area contributed by atoms with Crippen LogP contribution in [0.15, 0.2) is 73.0 Å². The predicted molar refractivity (Wildman–Crippen MR) is 179 cm³/mol. The Morgan fingerprint density at radius 3 is 2.05 bits per heavy atom. The molecule has 43 heavy (non-hydrogen) atoms. The molecule has 1 aliphatic rings. The number of carbonyl (C=O) groups excluding carboxylic acids is 2. The van der Waals surface area contributed by atoms with Gasteiger partial charge in [-0.15, -0.1) is 0 Å². The van der Waals surface area contributed by atoms with Gasteiger partial charge in [-0.2, -0.15) is 0 Å². The average molecular weight is 587 g/mol. The SMILES string of the molecule is CCCCCCCCCCCCCCOc1ccc(C(=O)N(CC2C=CC=CN2CCC)C(=O)c2ccccc2)c(C)c1. The van der Waals surface area contributed by atoms with E-state index in [0.717, 1.165) is 30.7 Å². The largest absolute Gasteiger partial charge is 0.494 e. The van der Waals surface area contributed by atoms with Crippen LogP contribution in [0.4, 0.5) is 0 Å². The molecule has 0 aromatic heterocycles. The maximum Gasteiger partial charge on any atom is 0.261 e. The first-order chi connectivity index (χ1) is 21.0. The van der Waals surface area contributed by atoms with E-state index in [1.54, 1.807) is 18.2 Å². The number of amides is 2. The minimum Gasteiger partial charge on any atom is -0.494 e. The molecule has 3 rings (SSSR count). The highest BCUT2D eigenvalue weighted by Gasteiger charge is 2.29. The summed E-state index contributed by atoms with van der Waals surface area (Å²) in [6.45, 7) is 8.14. The van der Waals surface area contributed by atoms with Crippen molar-refractivity contribution in [2.45, 2.75) is 110 Å². The molecular weight excluding hydrogens is 532 g/mol. The second-order valence-electron chi connectivity index (χ2n) is 11.8. The Kier molecular flexibility index (Phi) is 15.7. The van der Waals surface area contributed by atoms with Crippen LogP contribution >= 0.6 is 0 Å². The molecule has 0 aliphatic carbocycles. The van der Waals surface area contributed by atoms with E-state index in [1.807, 2.05) is 55.6 Å². The molecule has 1 aliphatic heterocycles. The number of allylic oxidation sites excluding steroid dienone is 2. The van der Waals surface area contributed by atoms with Gasteiger partial charge in [-0.3, -0.25) is 14.5 Å². The Labute approximate surface area is 261 Å². The number of rotatable bonds is 20. The molecule has 5 heteroatoms. The summed E-state index contributed by atoms with van der Waals surface area (Å²) in [4.78, 5) is 31.2. The monoisotopic (exact) mass is 586 g/mol. The third-order valence-corrected chi connectivity index (χ3v) is 8.21. The van der Waals surface area contributed by atoms with Crippen LogP contribution in [0.1, 0.15) is 124 Å². The summed E-state index contributed by atoms with van der Waals surface area (Å²) >= 11 is 0. The van der Waals surface area contributed by atoms with Crippen molar-refractivity contribution in [1.29, 1.82) is 0 Å². The number of imide groups is 1. The lowest BCUT2D eigenvalue weighted by Gasteiger charge is -2.34. The number of hydrogen-bond acceptors (Lipinski definition) is 4. The number of aryl methyl sites for hydroxylation is 1. The molecule has 1 unspecified atom stereocenters. The van der Waals surface area contributed by atoms with Crippen LogP contribution in [0.3, 0.4) is 0 Å². The van der Waals surface area contributed by atoms with Gasteiger partial charge in [-0.05, 0) is 67.9 Å². The van der Waals surface area contributed by atoms with Gasteiger partial charge in [0.05, 0.1) is 19.2 Å². The number of nitrogens with zero attached hydrogens (tertiary/aromatic N) is 2. The molecule has 0 saturated heterocycles. The van der Waals surface area contributed by atoms with E-state index in [4.69, 9.17) is 4.74 Å². The van der Waals surface area contributed by atoms with Crippen molar-refractivity contribution < 1.29 is 14.3 Å². The third-order valence-electron chi connectivity index (χ3n) is 8.21. The zero-order valence-electron chi connectivity index (χ0n) is 26.9. The topological polar surface area (TPSA) is 49.9 Å². The van der Waals surface area contributed by atoms with E-state index in [2.05, 4.69) is 24.8 Å². The first kappa shape index (κ1) is 34.2. The molecule has 5 nitrogen and oxygen atoms in total. The summed E-state index contributed by atoms with van der Waals surface area (Å²) < 4.78 is 6.04. The Morgan fingerprint density at radius 1 is 0.767 bits per heavy atom. The first-order valence-electron chi connectivity index (χ1n) is 16.8. The van der Waals surface area contributed by atoms with Crippen molar-refractivity contribution in [1.82, 2.24) is 9.80 Å². The molecule has 0 spiro atoms. The number of carbonyl (C=O) groups is 2. The highest BCUT2D eigenvalue weighted by Crippen LogP contribution is 2.22. The second kappa shape index (κ2) is 19.8. The fourth-order valence-electron chi connectivity index (χ4n) is 5.66. The van der Waals surface area contributed by atoms with Crippen LogP contribution in [-0.4, -0.2) is 47.4 Å². The van der Waals surface area contributed by atoms with E-state index >= 15 is 0 Å². The van der Waals surface area contributed by atoms with Gasteiger partial charge in [-0.1, -0.05) is 115 Å². The Hall–Kier alpha value is -3.34. The van der Waals surface area contributed by atoms with Crippen molar-refractivity contribution in [3.05, 3.63) is 89.6 Å². The standard InChI is InChI=1S/C38H54N2O3/c1-4-6-7-8-9-10-11-12-13-14-15-21-29-43-35-25-26-36(32(3)30-35)38(42)40(37(41)33-22-17-16-18-23-33)31-34-24-19-20-28-39(34)27-5-2/h16-20,22-26,28,30,34H,4-15,21,27,29,31H2,1-3H3. The van der Waals surface area contributed by atoms with E-state index < -0.39 is 0 Å². The highest BCUT2D eigenvalue weighted by molar-refractivity contribution is 6.11. The number of ether oxygens (including phenoxy) is 1. The van der Waals surface area contributed by atoms with Gasteiger partial charge >= 0.3 is 0 Å². The molecule has 2 aromatic rings. The van der Waals surface area contributed by atoms with Crippen molar-refractivity contribution in [3.63, 3.8) is 0 Å². The maximum absolute atomic E-state index is 13.9. The molecule has 0 bridgehead atoms. The summed E-state index contributed by atoms with van der Waals surface area (Å²) in [7, 11) is 0. The lowest BCUT2D eigenvalue weighted by molar-refractivity contribution is 0.0586. The number of hydrogen-bond donors (Lipinski definition) is 0. The van der Waals surface area contributed by atoms with Gasteiger partial charge in [0.15, 0.2) is 0 Å². The molecule has 234 valence electrons. The predicted octanol–water partition coefficient (Wildman–Crippen LogP) is 9.52. The number of benzene rings is 2. The van der Waals surface area contributed by atoms with Gasteiger partial charge in [0, 0.05) is 17.7 Å². The molecule has 1 heterocycles. The van der Waals surface area contributed by atoms with Gasteiger partial charge in [-0.25, -0.2) is 0 Å². The van der Waals surface area contributed by atoms with Crippen molar-refractivity contribution in [2.75, 3.05) is 19.7 Å². The van der Waals surface area contributed by atoms with Crippen molar-refractivity contribution >= 4 is 11.8 Å². The van der Waals surface area contributed by atoms with Crippen LogP contribution in [-0.2, 0) is 0 Å². The summed E-state index contributed by atoms with van der Waals surface area (Å²) in [5.74, 6) is 0.211. The fraction of sp³-hybridized carbons (Fsp3) is 0.526. The molecule has 1 atom stereocenters. The van der Waals surface area contributed by atoms with Crippen molar-refractivity contribution in [3.8, 4) is 5.75 Å². The maximum atomic E-state index is 13.9. The van der Waals surface area contributed by atoms with E-state index in [9.17, 15) is 9.59 Å². The molecule has 0 N–H and O–H groups in total. The quantitative estimate of drug-likeness (QED) is 0.115. The smallest absolute Gasteiger partial charge is 0.261 e. The van der Waals surface area contributed by atoms with Gasteiger partial charge in [0.1, 0.15) is 5.75 Å². The Bertz CT molecular complexity index is 1160. The second-order valence-corrected chi connectivity index (χ2v) is 11.8. The summed E-state index contributed by atoms with van der Waals surface area (Å²) in [6, 6.07) is 14.6. The molecular formula is C38H54N2O3. The van der Waals surface area contributed by atoms with Gasteiger partial charge < -0.3 is 9.64 Å². The first-order valence-corrected chi connectivity index (χ1v) is 16.8. The van der Waals surface area contributed by atoms with Crippen molar-refractivity contribution in [2.24, 2.45) is 0 Å². The van der Waals surface area contributed by atoms with Crippen LogP contribution in [0.25, 0.3) is 0 Å². The average Bonchev–Trinajstić information content (AvgIpc) is 3.03. The van der Waals surface area contributed by atoms with Crippen LogP contribution in [0.2, 0.25) is 0 Å². The Morgan fingerprint density at radius 2 is 1.42 bits per heavy atom. The molecule has 0 fully saturated rings. The van der Waals surface area contributed by atoms with E-state index in [0.29, 0.717) is 17.7 Å². The number of unbranched alkanes of at least 4 members (excludes halogenated alkanes) is 11. The highest BCUT2D eigenvalue weighted by atomic mass is 16.5. The zero-order chi connectivity index (χ0) is 30.7. The van der Waals surface area contributed by atoms with Crippen LogP contribution < -0.4 is 4.74 Å². The van der Waals surface area contributed by atoms with Gasteiger partial charge in [0.25, 0.3) is 11.8 Å². The van der Waals surface area contributed by atoms with E-state index in [1.165, 1.54) is 75.5 Å². The van der Waals surface area contributed by atoms with Crippen LogP contribution in [0, 0.1) is 6.92 Å². The fourth-order valence-corrected chi connectivity index (χ4v) is 5.66. The summed E-state index contributed by atoms with van der Waals surface area (Å²) in [6.07, 6.45) is 24.9. The van der Waals surface area contributed by atoms with Gasteiger partial charge in [0.2, 0.25) is 0 Å². The molecule has 2 amide bonds. The molecule has 0 radical (unpaired) electrons. The lowest BCUT2D eigenvalue weighted by Crippen LogP contribution is -2.47.